The van der Waals surface area contributed by atoms with Crippen molar-refractivity contribution in [2.45, 2.75) is 33.3 Å². The van der Waals surface area contributed by atoms with Crippen LogP contribution in [0, 0.1) is 13.8 Å². The van der Waals surface area contributed by atoms with Crippen LogP contribution in [-0.2, 0) is 25.5 Å². The minimum atomic E-state index is -1.11. The highest BCUT2D eigenvalue weighted by Gasteiger charge is 2.21. The molecule has 2 aromatic rings. The van der Waals surface area contributed by atoms with Crippen molar-refractivity contribution in [1.29, 1.82) is 0 Å². The zero-order valence-electron chi connectivity index (χ0n) is 14.0. The van der Waals surface area contributed by atoms with Crippen LogP contribution < -0.4 is 5.32 Å². The van der Waals surface area contributed by atoms with Gasteiger partial charge in [-0.05, 0) is 31.9 Å². The average Bonchev–Trinajstić information content (AvgIpc) is 2.94. The molecular weight excluding hydrogens is 314 g/mol. The lowest BCUT2D eigenvalue weighted by molar-refractivity contribution is -0.153. The van der Waals surface area contributed by atoms with Crippen molar-refractivity contribution in [3.8, 4) is 0 Å². The van der Waals surface area contributed by atoms with E-state index in [2.05, 4.69) is 4.74 Å². The summed E-state index contributed by atoms with van der Waals surface area (Å²) in [4.78, 5) is 34.6. The van der Waals surface area contributed by atoms with Gasteiger partial charge in [-0.15, -0.1) is 0 Å². The maximum atomic E-state index is 12.0. The summed E-state index contributed by atoms with van der Waals surface area (Å²) in [5.74, 6) is -1.35. The van der Waals surface area contributed by atoms with Crippen molar-refractivity contribution >= 4 is 28.9 Å². The Balaban J connectivity index is 2.04. The first kappa shape index (κ1) is 17.5. The Kier molecular flexibility index (Phi) is 5.23. The molecule has 2 amide bonds. The molecule has 0 bridgehead atoms. The van der Waals surface area contributed by atoms with Gasteiger partial charge < -0.3 is 13.9 Å². The number of furan rings is 1. The fourth-order valence-corrected chi connectivity index (χ4v) is 2.23. The molecule has 0 aliphatic carbocycles. The number of carbonyl (C=O) groups excluding carboxylic acids is 3. The van der Waals surface area contributed by atoms with Crippen LogP contribution in [0.5, 0.6) is 0 Å². The first-order valence-electron chi connectivity index (χ1n) is 7.38. The molecule has 0 spiro atoms. The number of nitrogens with one attached hydrogen (secondary N) is 1. The molecule has 0 saturated carbocycles. The summed E-state index contributed by atoms with van der Waals surface area (Å²) in [5, 5.41) is 2.78. The van der Waals surface area contributed by atoms with Gasteiger partial charge in [-0.2, -0.15) is 0 Å². The number of imide groups is 1. The first-order chi connectivity index (χ1) is 11.3. The van der Waals surface area contributed by atoms with Crippen molar-refractivity contribution in [2.75, 3.05) is 7.11 Å². The van der Waals surface area contributed by atoms with Crippen molar-refractivity contribution in [3.63, 3.8) is 0 Å². The molecule has 0 aliphatic heterocycles. The number of ether oxygens (including phenoxy) is 2. The molecule has 7 nitrogen and oxygen atoms in total. The highest BCUT2D eigenvalue weighted by molar-refractivity contribution is 5.95. The number of esters is 1. The van der Waals surface area contributed by atoms with E-state index in [0.717, 1.165) is 29.2 Å². The van der Waals surface area contributed by atoms with Crippen LogP contribution in [-0.4, -0.2) is 31.2 Å². The molecule has 1 atom stereocenters. The van der Waals surface area contributed by atoms with Gasteiger partial charge in [0.25, 0.3) is 5.91 Å². The van der Waals surface area contributed by atoms with Crippen LogP contribution in [0.2, 0.25) is 0 Å². The number of fused-ring (bicyclic) bond motifs is 1. The van der Waals surface area contributed by atoms with E-state index in [4.69, 9.17) is 9.15 Å². The van der Waals surface area contributed by atoms with Gasteiger partial charge in [0.2, 0.25) is 0 Å². The van der Waals surface area contributed by atoms with Crippen LogP contribution >= 0.6 is 0 Å². The largest absolute Gasteiger partial charge is 0.464 e. The van der Waals surface area contributed by atoms with Crippen molar-refractivity contribution in [3.05, 3.63) is 35.1 Å². The zero-order valence-corrected chi connectivity index (χ0v) is 14.0. The Morgan fingerprint density at radius 1 is 1.25 bits per heavy atom. The van der Waals surface area contributed by atoms with Crippen LogP contribution in [0.15, 0.2) is 22.8 Å². The van der Waals surface area contributed by atoms with Crippen molar-refractivity contribution in [1.82, 2.24) is 5.32 Å². The quantitative estimate of drug-likeness (QED) is 0.863. The van der Waals surface area contributed by atoms with Gasteiger partial charge in [0.05, 0.1) is 19.8 Å². The number of carbonyl (C=O) groups is 3. The van der Waals surface area contributed by atoms with Crippen LogP contribution in [0.3, 0.4) is 0 Å². The second kappa shape index (κ2) is 7.16. The summed E-state index contributed by atoms with van der Waals surface area (Å²) in [5.41, 5.74) is 3.52. The van der Waals surface area contributed by atoms with Gasteiger partial charge >= 0.3 is 12.1 Å². The summed E-state index contributed by atoms with van der Waals surface area (Å²) >= 11 is 0. The van der Waals surface area contributed by atoms with E-state index >= 15 is 0 Å². The van der Waals surface area contributed by atoms with E-state index in [0.29, 0.717) is 5.56 Å². The van der Waals surface area contributed by atoms with Gasteiger partial charge in [0.1, 0.15) is 5.58 Å². The first-order valence-corrected chi connectivity index (χ1v) is 7.38. The molecule has 1 heterocycles. The number of amides is 2. The normalized spacial score (nSPS) is 11.8. The number of aryl methyl sites for hydroxylation is 2. The standard InChI is InChI=1S/C17H19NO6/c1-9-5-6-13-12(8-23-15(13)10(9)2)7-14(19)24-11(3)16(20)18-17(21)22-4/h5-6,8,11H,7H2,1-4H3,(H,18,20,21)/t11-/m0/s1. The second-order valence-electron chi connectivity index (χ2n) is 5.43. The van der Waals surface area contributed by atoms with Crippen molar-refractivity contribution in [2.24, 2.45) is 0 Å². The lowest BCUT2D eigenvalue weighted by atomic mass is 10.0. The van der Waals surface area contributed by atoms with Crippen LogP contribution in [0.25, 0.3) is 11.0 Å². The minimum absolute atomic E-state index is 0.0364. The molecule has 7 heteroatoms. The molecule has 24 heavy (non-hydrogen) atoms. The number of rotatable bonds is 4. The highest BCUT2D eigenvalue weighted by atomic mass is 16.6. The van der Waals surface area contributed by atoms with Crippen LogP contribution in [0.1, 0.15) is 23.6 Å². The van der Waals surface area contributed by atoms with E-state index < -0.39 is 24.1 Å². The van der Waals surface area contributed by atoms with Gasteiger partial charge in [0.15, 0.2) is 6.10 Å². The zero-order chi connectivity index (χ0) is 17.9. The summed E-state index contributed by atoms with van der Waals surface area (Å²) in [6, 6.07) is 3.84. The van der Waals surface area contributed by atoms with Crippen molar-refractivity contribution < 1.29 is 28.3 Å². The molecule has 1 N–H and O–H groups in total. The van der Waals surface area contributed by atoms with Gasteiger partial charge in [-0.1, -0.05) is 12.1 Å². The lowest BCUT2D eigenvalue weighted by Crippen LogP contribution is -2.39. The number of hydrogen-bond acceptors (Lipinski definition) is 6. The Morgan fingerprint density at radius 2 is 1.96 bits per heavy atom. The Bertz CT molecular complexity index is 792. The third kappa shape index (κ3) is 3.73. The highest BCUT2D eigenvalue weighted by Crippen LogP contribution is 2.26. The van der Waals surface area contributed by atoms with Gasteiger partial charge in [0, 0.05) is 10.9 Å². The molecule has 1 aromatic heterocycles. The summed E-state index contributed by atoms with van der Waals surface area (Å²) in [6.07, 6.45) is -0.545. The average molecular weight is 333 g/mol. The SMILES string of the molecule is COC(=O)NC(=O)[C@H](C)OC(=O)Cc1coc2c(C)c(C)ccc12. The molecule has 128 valence electrons. The molecule has 1 aromatic carbocycles. The molecule has 0 fully saturated rings. The maximum Gasteiger partial charge on any atom is 0.413 e. The van der Waals surface area contributed by atoms with Gasteiger partial charge in [-0.3, -0.25) is 14.9 Å². The molecule has 2 rings (SSSR count). The molecule has 0 unspecified atom stereocenters. The molecular formula is C17H19NO6. The Hall–Kier alpha value is -2.83. The molecule has 0 radical (unpaired) electrons. The number of benzene rings is 1. The number of hydrogen-bond donors (Lipinski definition) is 1. The van der Waals surface area contributed by atoms with Gasteiger partial charge in [-0.25, -0.2) is 4.79 Å². The summed E-state index contributed by atoms with van der Waals surface area (Å²) < 4.78 is 14.9. The van der Waals surface area contributed by atoms with E-state index in [1.165, 1.54) is 13.2 Å². The number of methoxy groups -OCH3 is 1. The smallest absolute Gasteiger partial charge is 0.413 e. The fraction of sp³-hybridized carbons (Fsp3) is 0.353. The second-order valence-corrected chi connectivity index (χ2v) is 5.43. The summed E-state index contributed by atoms with van der Waals surface area (Å²) in [6.45, 7) is 5.30. The Labute approximate surface area is 138 Å². The van der Waals surface area contributed by atoms with E-state index in [-0.39, 0.29) is 6.42 Å². The van der Waals surface area contributed by atoms with E-state index in [1.54, 1.807) is 0 Å². The Morgan fingerprint density at radius 3 is 2.62 bits per heavy atom. The molecule has 0 saturated heterocycles. The topological polar surface area (TPSA) is 94.8 Å². The van der Waals surface area contributed by atoms with E-state index in [9.17, 15) is 14.4 Å². The number of alkyl carbamates (subject to hydrolysis) is 1. The fourth-order valence-electron chi connectivity index (χ4n) is 2.23. The predicted octanol–water partition coefficient (Wildman–Crippen LogP) is 2.41. The lowest BCUT2D eigenvalue weighted by Gasteiger charge is -2.12. The third-order valence-electron chi connectivity index (χ3n) is 3.76. The molecule has 0 aliphatic rings. The monoisotopic (exact) mass is 333 g/mol. The predicted molar refractivity (Wildman–Crippen MR) is 85.5 cm³/mol. The third-order valence-corrected chi connectivity index (χ3v) is 3.76. The summed E-state index contributed by atoms with van der Waals surface area (Å²) in [7, 11) is 1.13. The van der Waals surface area contributed by atoms with E-state index in [1.807, 2.05) is 31.3 Å². The van der Waals surface area contributed by atoms with Crippen LogP contribution in [0.4, 0.5) is 4.79 Å². The maximum absolute atomic E-state index is 12.0. The minimum Gasteiger partial charge on any atom is -0.464 e.